The topological polar surface area (TPSA) is 78.4 Å². The van der Waals surface area contributed by atoms with E-state index in [1.807, 2.05) is 6.07 Å². The third-order valence-electron chi connectivity index (χ3n) is 2.91. The average Bonchev–Trinajstić information content (AvgIpc) is 2.47. The van der Waals surface area contributed by atoms with E-state index in [9.17, 15) is 10.1 Å². The van der Waals surface area contributed by atoms with E-state index in [0.29, 0.717) is 22.9 Å². The quantitative estimate of drug-likeness (QED) is 0.635. The Labute approximate surface area is 134 Å². The highest BCUT2D eigenvalue weighted by Crippen LogP contribution is 2.28. The molecule has 2 rings (SSSR count). The fourth-order valence-electron chi connectivity index (χ4n) is 1.81. The van der Waals surface area contributed by atoms with Gasteiger partial charge in [-0.05, 0) is 29.8 Å². The maximum absolute atomic E-state index is 11.0. The van der Waals surface area contributed by atoms with Gasteiger partial charge in [-0.25, -0.2) is 0 Å². The molecule has 0 unspecified atom stereocenters. The lowest BCUT2D eigenvalue weighted by Gasteiger charge is -2.10. The predicted octanol–water partition coefficient (Wildman–Crippen LogP) is 4.05. The van der Waals surface area contributed by atoms with Gasteiger partial charge in [0, 0.05) is 17.1 Å². The minimum absolute atomic E-state index is 0.0155. The second kappa shape index (κ2) is 6.89. The minimum atomic E-state index is -0.475. The zero-order valence-electron chi connectivity index (χ0n) is 10.9. The summed E-state index contributed by atoms with van der Waals surface area (Å²) in [5.41, 5.74) is 6.80. The van der Waals surface area contributed by atoms with Crippen molar-refractivity contribution >= 4 is 33.2 Å². The van der Waals surface area contributed by atoms with Crippen molar-refractivity contribution in [2.24, 2.45) is 5.73 Å². The second-order valence-electron chi connectivity index (χ2n) is 4.24. The van der Waals surface area contributed by atoms with Crippen molar-refractivity contribution in [3.05, 3.63) is 67.1 Å². The van der Waals surface area contributed by atoms with Crippen LogP contribution in [0.1, 0.15) is 11.1 Å². The summed E-state index contributed by atoms with van der Waals surface area (Å²) in [4.78, 5) is 10.5. The minimum Gasteiger partial charge on any atom is -0.489 e. The summed E-state index contributed by atoms with van der Waals surface area (Å²) in [6.07, 6.45) is 0. The number of hydrogen-bond donors (Lipinski definition) is 1. The summed E-state index contributed by atoms with van der Waals surface area (Å²) < 4.78 is 6.49. The molecule has 0 spiro atoms. The molecule has 0 heterocycles. The Morgan fingerprint density at radius 2 is 2.10 bits per heavy atom. The van der Waals surface area contributed by atoms with Crippen LogP contribution in [0.15, 0.2) is 40.9 Å². The predicted molar refractivity (Wildman–Crippen MR) is 84.5 cm³/mol. The normalized spacial score (nSPS) is 10.4. The smallest absolute Gasteiger partial charge is 0.277 e. The van der Waals surface area contributed by atoms with Crippen molar-refractivity contribution in [2.45, 2.75) is 13.2 Å². The largest absolute Gasteiger partial charge is 0.489 e. The number of benzene rings is 2. The third-order valence-corrected chi connectivity index (χ3v) is 4.04. The molecule has 0 bridgehead atoms. The van der Waals surface area contributed by atoms with Gasteiger partial charge in [-0.2, -0.15) is 0 Å². The molecule has 0 aromatic heterocycles. The van der Waals surface area contributed by atoms with Gasteiger partial charge in [0.05, 0.1) is 15.5 Å². The number of nitro groups is 1. The van der Waals surface area contributed by atoms with Gasteiger partial charge in [0.2, 0.25) is 0 Å². The number of rotatable bonds is 5. The average molecular weight is 372 g/mol. The molecule has 0 saturated carbocycles. The van der Waals surface area contributed by atoms with Crippen molar-refractivity contribution in [3.8, 4) is 5.75 Å². The van der Waals surface area contributed by atoms with E-state index in [1.165, 1.54) is 12.1 Å². The van der Waals surface area contributed by atoms with E-state index in [0.717, 1.165) is 10.0 Å². The van der Waals surface area contributed by atoms with Gasteiger partial charge in [0.25, 0.3) is 5.69 Å². The molecule has 0 fully saturated rings. The molecule has 0 aliphatic heterocycles. The molecule has 2 aromatic carbocycles. The van der Waals surface area contributed by atoms with Gasteiger partial charge in [-0.3, -0.25) is 10.1 Å². The van der Waals surface area contributed by atoms with Gasteiger partial charge in [0.15, 0.2) is 0 Å². The monoisotopic (exact) mass is 370 g/mol. The molecular weight excluding hydrogens is 360 g/mol. The fourth-order valence-corrected chi connectivity index (χ4v) is 2.45. The van der Waals surface area contributed by atoms with E-state index in [2.05, 4.69) is 15.9 Å². The van der Waals surface area contributed by atoms with Crippen molar-refractivity contribution in [2.75, 3.05) is 0 Å². The first kappa shape index (κ1) is 15.8. The van der Waals surface area contributed by atoms with Gasteiger partial charge in [-0.1, -0.05) is 33.6 Å². The first-order valence-corrected chi connectivity index (χ1v) is 7.23. The van der Waals surface area contributed by atoms with E-state index in [4.69, 9.17) is 22.1 Å². The number of nitro benzene ring substituents is 1. The summed E-state index contributed by atoms with van der Waals surface area (Å²) >= 11 is 9.39. The van der Waals surface area contributed by atoms with Gasteiger partial charge >= 0.3 is 0 Å². The number of nitrogens with zero attached hydrogens (tertiary/aromatic N) is 1. The van der Waals surface area contributed by atoms with Crippen LogP contribution in [0, 0.1) is 10.1 Å². The summed E-state index contributed by atoms with van der Waals surface area (Å²) in [5, 5.41) is 11.3. The molecular formula is C14H12BrClN2O3. The lowest BCUT2D eigenvalue weighted by molar-refractivity contribution is -0.385. The molecule has 0 aliphatic carbocycles. The Bertz CT molecular complexity index is 679. The first-order valence-electron chi connectivity index (χ1n) is 6.06. The van der Waals surface area contributed by atoms with Gasteiger partial charge in [-0.15, -0.1) is 0 Å². The third kappa shape index (κ3) is 3.72. The van der Waals surface area contributed by atoms with Crippen LogP contribution in [-0.4, -0.2) is 4.92 Å². The van der Waals surface area contributed by atoms with Crippen molar-refractivity contribution in [1.82, 2.24) is 0 Å². The van der Waals surface area contributed by atoms with Gasteiger partial charge in [0.1, 0.15) is 12.4 Å². The van der Waals surface area contributed by atoms with E-state index in [1.54, 1.807) is 18.2 Å². The van der Waals surface area contributed by atoms with Crippen molar-refractivity contribution in [3.63, 3.8) is 0 Å². The molecule has 0 aliphatic rings. The number of halogens is 2. The Hall–Kier alpha value is -1.63. The SMILES string of the molecule is NCc1cc(OCc2c(Cl)cccc2[N+](=O)[O-])ccc1Br. The fraction of sp³-hybridized carbons (Fsp3) is 0.143. The molecule has 5 nitrogen and oxygen atoms in total. The summed E-state index contributed by atoms with van der Waals surface area (Å²) in [6.45, 7) is 0.381. The number of nitrogens with two attached hydrogens (primary N) is 1. The van der Waals surface area contributed by atoms with Crippen LogP contribution in [0.4, 0.5) is 5.69 Å². The summed E-state index contributed by atoms with van der Waals surface area (Å²) in [6, 6.07) is 9.89. The number of hydrogen-bond acceptors (Lipinski definition) is 4. The molecule has 0 saturated heterocycles. The van der Waals surface area contributed by atoms with Crippen LogP contribution in [0.5, 0.6) is 5.75 Å². The van der Waals surface area contributed by atoms with Crippen LogP contribution >= 0.6 is 27.5 Å². The Morgan fingerprint density at radius 1 is 1.33 bits per heavy atom. The first-order chi connectivity index (χ1) is 10.0. The molecule has 110 valence electrons. The molecule has 7 heteroatoms. The highest BCUT2D eigenvalue weighted by molar-refractivity contribution is 9.10. The molecule has 2 aromatic rings. The maximum atomic E-state index is 11.0. The zero-order valence-corrected chi connectivity index (χ0v) is 13.2. The summed E-state index contributed by atoms with van der Waals surface area (Å²) in [7, 11) is 0. The van der Waals surface area contributed by atoms with Crippen LogP contribution in [-0.2, 0) is 13.2 Å². The lowest BCUT2D eigenvalue weighted by atomic mass is 10.2. The van der Waals surface area contributed by atoms with Crippen molar-refractivity contribution < 1.29 is 9.66 Å². The van der Waals surface area contributed by atoms with Crippen LogP contribution in [0.25, 0.3) is 0 Å². The van der Waals surface area contributed by atoms with Crippen LogP contribution in [0.2, 0.25) is 5.02 Å². The van der Waals surface area contributed by atoms with Gasteiger partial charge < -0.3 is 10.5 Å². The molecule has 2 N–H and O–H groups in total. The van der Waals surface area contributed by atoms with Crippen molar-refractivity contribution in [1.29, 1.82) is 0 Å². The Morgan fingerprint density at radius 3 is 2.76 bits per heavy atom. The molecule has 0 radical (unpaired) electrons. The molecule has 0 amide bonds. The van der Waals surface area contributed by atoms with Crippen LogP contribution in [0.3, 0.4) is 0 Å². The van der Waals surface area contributed by atoms with Crippen LogP contribution < -0.4 is 10.5 Å². The summed E-state index contributed by atoms with van der Waals surface area (Å²) in [5.74, 6) is 0.577. The Kier molecular flexibility index (Phi) is 5.17. The van der Waals surface area contributed by atoms with E-state index < -0.39 is 4.92 Å². The molecule has 21 heavy (non-hydrogen) atoms. The molecule has 0 atom stereocenters. The zero-order chi connectivity index (χ0) is 15.4. The highest BCUT2D eigenvalue weighted by atomic mass is 79.9. The maximum Gasteiger partial charge on any atom is 0.277 e. The number of ether oxygens (including phenoxy) is 1. The Balaban J connectivity index is 2.22. The standard InChI is InChI=1S/C14H12BrClN2O3/c15-12-5-4-10(6-9(12)7-17)21-8-11-13(16)2-1-3-14(11)18(19)20/h1-6H,7-8,17H2. The van der Waals surface area contributed by atoms with E-state index >= 15 is 0 Å². The highest BCUT2D eigenvalue weighted by Gasteiger charge is 2.17. The second-order valence-corrected chi connectivity index (χ2v) is 5.50. The lowest BCUT2D eigenvalue weighted by Crippen LogP contribution is -2.03. The van der Waals surface area contributed by atoms with E-state index in [-0.39, 0.29) is 12.3 Å².